The SMILES string of the molecule is CC(O)(CC#C[Si](C)(C)C)CCO[Si](C)(C)C(C)(C)C. The zero-order valence-corrected chi connectivity index (χ0v) is 17.0. The Morgan fingerprint density at radius 2 is 1.50 bits per heavy atom. The van der Waals surface area contributed by atoms with Gasteiger partial charge in [0, 0.05) is 13.0 Å². The Labute approximate surface area is 128 Å². The van der Waals surface area contributed by atoms with Crippen molar-refractivity contribution in [1.82, 2.24) is 0 Å². The molecule has 0 rings (SSSR count). The van der Waals surface area contributed by atoms with Crippen molar-refractivity contribution in [2.75, 3.05) is 6.61 Å². The summed E-state index contributed by atoms with van der Waals surface area (Å²) >= 11 is 0. The molecule has 0 aromatic rings. The van der Waals surface area contributed by atoms with Gasteiger partial charge in [-0.2, -0.15) is 0 Å². The van der Waals surface area contributed by atoms with Crippen molar-refractivity contribution >= 4 is 16.4 Å². The van der Waals surface area contributed by atoms with E-state index in [-0.39, 0.29) is 5.04 Å². The molecule has 0 radical (unpaired) electrons. The quantitative estimate of drug-likeness (QED) is 0.601. The van der Waals surface area contributed by atoms with Crippen LogP contribution in [0.5, 0.6) is 0 Å². The van der Waals surface area contributed by atoms with E-state index in [0.29, 0.717) is 19.4 Å². The highest BCUT2D eigenvalue weighted by molar-refractivity contribution is 6.83. The lowest BCUT2D eigenvalue weighted by Crippen LogP contribution is -2.42. The largest absolute Gasteiger partial charge is 0.417 e. The Kier molecular flexibility index (Phi) is 6.75. The lowest BCUT2D eigenvalue weighted by molar-refractivity contribution is 0.0399. The fraction of sp³-hybridized carbons (Fsp3) is 0.875. The van der Waals surface area contributed by atoms with Crippen LogP contribution in [0, 0.1) is 11.5 Å². The maximum absolute atomic E-state index is 10.4. The van der Waals surface area contributed by atoms with Crippen LogP contribution in [-0.2, 0) is 4.43 Å². The minimum atomic E-state index is -1.71. The van der Waals surface area contributed by atoms with E-state index in [1.54, 1.807) is 0 Å². The molecule has 20 heavy (non-hydrogen) atoms. The van der Waals surface area contributed by atoms with Gasteiger partial charge < -0.3 is 9.53 Å². The first-order valence-corrected chi connectivity index (χ1v) is 13.9. The average Bonchev–Trinajstić information content (AvgIpc) is 2.11. The Bertz CT molecular complexity index is 363. The van der Waals surface area contributed by atoms with Crippen LogP contribution in [-0.4, -0.2) is 33.7 Å². The molecule has 0 heterocycles. The average molecular weight is 315 g/mol. The highest BCUT2D eigenvalue weighted by Gasteiger charge is 2.37. The van der Waals surface area contributed by atoms with Gasteiger partial charge in [0.05, 0.1) is 5.60 Å². The molecule has 118 valence electrons. The molecule has 1 N–H and O–H groups in total. The van der Waals surface area contributed by atoms with E-state index in [2.05, 4.69) is 65.0 Å². The summed E-state index contributed by atoms with van der Waals surface area (Å²) in [4.78, 5) is 0. The van der Waals surface area contributed by atoms with Crippen LogP contribution in [0.4, 0.5) is 0 Å². The summed E-state index contributed by atoms with van der Waals surface area (Å²) in [6.07, 6.45) is 1.19. The first-order chi connectivity index (χ1) is 8.66. The van der Waals surface area contributed by atoms with Crippen molar-refractivity contribution < 1.29 is 9.53 Å². The molecule has 0 spiro atoms. The fourth-order valence-electron chi connectivity index (χ4n) is 1.33. The van der Waals surface area contributed by atoms with Crippen molar-refractivity contribution in [3.63, 3.8) is 0 Å². The van der Waals surface area contributed by atoms with Crippen molar-refractivity contribution in [1.29, 1.82) is 0 Å². The van der Waals surface area contributed by atoms with Crippen molar-refractivity contribution in [2.45, 2.75) is 83.9 Å². The number of aliphatic hydroxyl groups is 1. The molecule has 1 unspecified atom stereocenters. The van der Waals surface area contributed by atoms with Crippen LogP contribution in [0.15, 0.2) is 0 Å². The molecule has 0 aliphatic heterocycles. The predicted molar refractivity (Wildman–Crippen MR) is 94.1 cm³/mol. The summed E-state index contributed by atoms with van der Waals surface area (Å²) in [7, 11) is -3.05. The molecule has 0 aromatic carbocycles. The molecule has 1 atom stereocenters. The van der Waals surface area contributed by atoms with Gasteiger partial charge in [-0.05, 0) is 31.5 Å². The summed E-state index contributed by atoms with van der Waals surface area (Å²) in [6.45, 7) is 20.3. The van der Waals surface area contributed by atoms with Gasteiger partial charge in [-0.1, -0.05) is 40.4 Å². The first-order valence-electron chi connectivity index (χ1n) is 7.53. The van der Waals surface area contributed by atoms with Gasteiger partial charge in [0.2, 0.25) is 0 Å². The maximum Gasteiger partial charge on any atom is 0.191 e. The van der Waals surface area contributed by atoms with Crippen LogP contribution in [0.1, 0.15) is 40.5 Å². The standard InChI is InChI=1S/C16H34O2Si2/c1-15(2,3)20(8,9)18-13-12-16(4,17)11-10-14-19(5,6)7/h17H,11-13H2,1-9H3. The van der Waals surface area contributed by atoms with Crippen LogP contribution >= 0.6 is 0 Å². The summed E-state index contributed by atoms with van der Waals surface area (Å²) in [5.74, 6) is 3.16. The van der Waals surface area contributed by atoms with Crippen LogP contribution < -0.4 is 0 Å². The zero-order valence-electron chi connectivity index (χ0n) is 15.0. The second-order valence-corrected chi connectivity index (χ2v) is 18.1. The van der Waals surface area contributed by atoms with E-state index in [9.17, 15) is 5.11 Å². The summed E-state index contributed by atoms with van der Waals surface area (Å²) < 4.78 is 6.12. The van der Waals surface area contributed by atoms with Crippen molar-refractivity contribution in [2.24, 2.45) is 0 Å². The van der Waals surface area contributed by atoms with Crippen LogP contribution in [0.3, 0.4) is 0 Å². The topological polar surface area (TPSA) is 29.5 Å². The van der Waals surface area contributed by atoms with Gasteiger partial charge in [-0.3, -0.25) is 0 Å². The molecule has 0 saturated heterocycles. The lowest BCUT2D eigenvalue weighted by Gasteiger charge is -2.37. The summed E-state index contributed by atoms with van der Waals surface area (Å²) in [6, 6.07) is 0. The highest BCUT2D eigenvalue weighted by Crippen LogP contribution is 2.36. The molecule has 0 fully saturated rings. The summed E-state index contributed by atoms with van der Waals surface area (Å²) in [5, 5.41) is 10.6. The normalized spacial score (nSPS) is 16.3. The Morgan fingerprint density at radius 1 is 1.00 bits per heavy atom. The molecule has 0 amide bonds. The summed E-state index contributed by atoms with van der Waals surface area (Å²) in [5.41, 5.74) is 2.56. The minimum Gasteiger partial charge on any atom is -0.417 e. The third-order valence-corrected chi connectivity index (χ3v) is 9.31. The second-order valence-electron chi connectivity index (χ2n) is 8.58. The van der Waals surface area contributed by atoms with Crippen LogP contribution in [0.25, 0.3) is 0 Å². The third kappa shape index (κ3) is 8.26. The van der Waals surface area contributed by atoms with Crippen molar-refractivity contribution in [3.8, 4) is 11.5 Å². The molecule has 0 bridgehead atoms. The monoisotopic (exact) mass is 314 g/mol. The molecule has 2 nitrogen and oxygen atoms in total. The highest BCUT2D eigenvalue weighted by atomic mass is 28.4. The van der Waals surface area contributed by atoms with Gasteiger partial charge >= 0.3 is 0 Å². The molecule has 0 aliphatic rings. The molecule has 0 aromatic heterocycles. The fourth-order valence-corrected chi connectivity index (χ4v) is 2.99. The Hall–Kier alpha value is -0.0862. The maximum atomic E-state index is 10.4. The zero-order chi connectivity index (χ0) is 16.2. The van der Waals surface area contributed by atoms with Gasteiger partial charge in [-0.25, -0.2) is 0 Å². The predicted octanol–water partition coefficient (Wildman–Crippen LogP) is 4.42. The minimum absolute atomic E-state index is 0.219. The van der Waals surface area contributed by atoms with E-state index in [1.807, 2.05) is 6.92 Å². The number of hydrogen-bond donors (Lipinski definition) is 1. The number of rotatable bonds is 5. The molecule has 4 heteroatoms. The molecule has 0 aliphatic carbocycles. The lowest BCUT2D eigenvalue weighted by atomic mass is 9.99. The van der Waals surface area contributed by atoms with Gasteiger partial charge in [0.25, 0.3) is 0 Å². The molecule has 0 saturated carbocycles. The van der Waals surface area contributed by atoms with Crippen LogP contribution in [0.2, 0.25) is 37.8 Å². The Morgan fingerprint density at radius 3 is 1.90 bits per heavy atom. The smallest absolute Gasteiger partial charge is 0.191 e. The number of hydrogen-bond acceptors (Lipinski definition) is 2. The molecular formula is C16H34O2Si2. The van der Waals surface area contributed by atoms with Gasteiger partial charge in [0.15, 0.2) is 8.32 Å². The first kappa shape index (κ1) is 19.9. The van der Waals surface area contributed by atoms with E-state index < -0.39 is 22.0 Å². The second kappa shape index (κ2) is 6.78. The third-order valence-electron chi connectivity index (χ3n) is 3.84. The van der Waals surface area contributed by atoms with Gasteiger partial charge in [-0.15, -0.1) is 11.5 Å². The Balaban J connectivity index is 4.34. The van der Waals surface area contributed by atoms with E-state index in [0.717, 1.165) is 0 Å². The van der Waals surface area contributed by atoms with E-state index in [4.69, 9.17) is 4.43 Å². The van der Waals surface area contributed by atoms with E-state index in [1.165, 1.54) is 0 Å². The van der Waals surface area contributed by atoms with Crippen molar-refractivity contribution in [3.05, 3.63) is 0 Å². The molecular weight excluding hydrogens is 280 g/mol. The van der Waals surface area contributed by atoms with Gasteiger partial charge in [0.1, 0.15) is 8.07 Å². The van der Waals surface area contributed by atoms with E-state index >= 15 is 0 Å².